The molecule has 3 heteroatoms. The SMILES string of the molecule is C=NC=N/C(Nc1cccc(C)c1)=C1/C=C(CCCCC)C(CCCCC)=CC1. The summed E-state index contributed by atoms with van der Waals surface area (Å²) in [6.45, 7) is 10.2. The lowest BCUT2D eigenvalue weighted by atomic mass is 9.88. The number of aliphatic imine (C=N–C) groups is 2. The highest BCUT2D eigenvalue weighted by Gasteiger charge is 2.14. The first-order valence-corrected chi connectivity index (χ1v) is 11.1. The Morgan fingerprint density at radius 3 is 2.45 bits per heavy atom. The van der Waals surface area contributed by atoms with Gasteiger partial charge >= 0.3 is 0 Å². The Morgan fingerprint density at radius 2 is 1.79 bits per heavy atom. The number of benzene rings is 1. The number of nitrogens with zero attached hydrogens (tertiary/aromatic N) is 2. The Bertz CT molecular complexity index is 781. The number of rotatable bonds is 12. The minimum atomic E-state index is 0.861. The molecule has 0 spiro atoms. The summed E-state index contributed by atoms with van der Waals surface area (Å²) in [5.74, 6) is 0.861. The van der Waals surface area contributed by atoms with E-state index in [-0.39, 0.29) is 0 Å². The van der Waals surface area contributed by atoms with Crippen LogP contribution in [0.4, 0.5) is 5.69 Å². The number of hydrogen-bond acceptors (Lipinski definition) is 2. The van der Waals surface area contributed by atoms with Crippen molar-refractivity contribution in [3.8, 4) is 0 Å². The Morgan fingerprint density at radius 1 is 1.07 bits per heavy atom. The highest BCUT2D eigenvalue weighted by Crippen LogP contribution is 2.32. The molecule has 0 amide bonds. The summed E-state index contributed by atoms with van der Waals surface area (Å²) in [6.07, 6.45) is 17.2. The molecule has 1 N–H and O–H groups in total. The number of nitrogens with one attached hydrogen (secondary N) is 1. The van der Waals surface area contributed by atoms with Gasteiger partial charge in [0.25, 0.3) is 0 Å². The second-order valence-electron chi connectivity index (χ2n) is 7.81. The van der Waals surface area contributed by atoms with Crippen molar-refractivity contribution >= 4 is 18.7 Å². The van der Waals surface area contributed by atoms with Crippen LogP contribution in [0.2, 0.25) is 0 Å². The van der Waals surface area contributed by atoms with Crippen LogP contribution in [-0.2, 0) is 0 Å². The lowest BCUT2D eigenvalue weighted by Crippen LogP contribution is -2.06. The van der Waals surface area contributed by atoms with E-state index >= 15 is 0 Å². The van der Waals surface area contributed by atoms with Crippen molar-refractivity contribution in [2.24, 2.45) is 9.98 Å². The third-order valence-corrected chi connectivity index (χ3v) is 5.28. The number of allylic oxidation sites excluding steroid dienone is 5. The second kappa shape index (κ2) is 12.9. The largest absolute Gasteiger partial charge is 0.340 e. The summed E-state index contributed by atoms with van der Waals surface area (Å²) in [4.78, 5) is 8.38. The summed E-state index contributed by atoms with van der Waals surface area (Å²) >= 11 is 0. The lowest BCUT2D eigenvalue weighted by molar-refractivity contribution is 0.686. The van der Waals surface area contributed by atoms with Crippen molar-refractivity contribution in [1.82, 2.24) is 0 Å². The fourth-order valence-electron chi connectivity index (χ4n) is 3.67. The highest BCUT2D eigenvalue weighted by molar-refractivity contribution is 5.65. The van der Waals surface area contributed by atoms with E-state index in [4.69, 9.17) is 0 Å². The van der Waals surface area contributed by atoms with Gasteiger partial charge in [-0.15, -0.1) is 0 Å². The van der Waals surface area contributed by atoms with Crippen molar-refractivity contribution in [3.63, 3.8) is 0 Å². The maximum atomic E-state index is 4.56. The maximum absolute atomic E-state index is 4.56. The highest BCUT2D eigenvalue weighted by atomic mass is 15.1. The van der Waals surface area contributed by atoms with Gasteiger partial charge in [-0.05, 0) is 80.2 Å². The molecule has 1 aliphatic rings. The number of anilines is 1. The van der Waals surface area contributed by atoms with E-state index in [1.165, 1.54) is 68.0 Å². The van der Waals surface area contributed by atoms with Gasteiger partial charge in [-0.2, -0.15) is 0 Å². The minimum absolute atomic E-state index is 0.861. The normalized spacial score (nSPS) is 15.8. The van der Waals surface area contributed by atoms with Gasteiger partial charge in [0.05, 0.1) is 0 Å². The molecule has 0 heterocycles. The molecule has 0 bridgehead atoms. The molecule has 3 nitrogen and oxygen atoms in total. The van der Waals surface area contributed by atoms with Gasteiger partial charge in [0.2, 0.25) is 0 Å². The summed E-state index contributed by atoms with van der Waals surface area (Å²) in [7, 11) is 0. The second-order valence-corrected chi connectivity index (χ2v) is 7.81. The average Bonchev–Trinajstić information content (AvgIpc) is 2.72. The van der Waals surface area contributed by atoms with E-state index in [1.54, 1.807) is 5.57 Å². The molecular formula is C26H37N3. The molecule has 156 valence electrons. The van der Waals surface area contributed by atoms with Crippen LogP contribution < -0.4 is 5.32 Å². The molecule has 1 aliphatic carbocycles. The molecule has 0 unspecified atom stereocenters. The minimum Gasteiger partial charge on any atom is -0.340 e. The Kier molecular flexibility index (Phi) is 10.2. The maximum Gasteiger partial charge on any atom is 0.135 e. The Hall–Kier alpha value is -2.42. The topological polar surface area (TPSA) is 36.8 Å². The van der Waals surface area contributed by atoms with Crippen LogP contribution in [0, 0.1) is 6.92 Å². The van der Waals surface area contributed by atoms with Gasteiger partial charge in [0.1, 0.15) is 12.2 Å². The molecule has 1 aromatic rings. The number of aryl methyl sites for hydroxylation is 1. The Balaban J connectivity index is 2.30. The van der Waals surface area contributed by atoms with E-state index < -0.39 is 0 Å². The molecule has 1 aromatic carbocycles. The van der Waals surface area contributed by atoms with E-state index in [0.29, 0.717) is 0 Å². The first-order valence-electron chi connectivity index (χ1n) is 11.1. The van der Waals surface area contributed by atoms with E-state index in [0.717, 1.165) is 24.4 Å². The molecule has 0 radical (unpaired) electrons. The van der Waals surface area contributed by atoms with Crippen LogP contribution in [0.15, 0.2) is 68.9 Å². The zero-order chi connectivity index (χ0) is 20.9. The van der Waals surface area contributed by atoms with Crippen molar-refractivity contribution in [2.75, 3.05) is 5.32 Å². The molecule has 29 heavy (non-hydrogen) atoms. The van der Waals surface area contributed by atoms with Crippen molar-refractivity contribution in [1.29, 1.82) is 0 Å². The predicted molar refractivity (Wildman–Crippen MR) is 129 cm³/mol. The third kappa shape index (κ3) is 7.84. The zero-order valence-electron chi connectivity index (χ0n) is 18.5. The van der Waals surface area contributed by atoms with Crippen molar-refractivity contribution in [2.45, 2.75) is 78.6 Å². The van der Waals surface area contributed by atoms with E-state index in [1.807, 2.05) is 0 Å². The zero-order valence-corrected chi connectivity index (χ0v) is 18.5. The average molecular weight is 392 g/mol. The molecule has 0 saturated carbocycles. The van der Waals surface area contributed by atoms with Crippen LogP contribution in [0.25, 0.3) is 0 Å². The summed E-state index contributed by atoms with van der Waals surface area (Å²) in [6, 6.07) is 8.38. The standard InChI is InChI=1S/C26H37N3/c1-5-7-9-13-22-16-17-24(19-23(22)14-10-8-6-2)26(28-20-27-4)29-25-15-11-12-21(3)18-25/h11-12,15-16,18-20,29H,4-10,13-14,17H2,1-3H3/b26-24-,28-20?. The predicted octanol–water partition coefficient (Wildman–Crippen LogP) is 7.76. The fourth-order valence-corrected chi connectivity index (χ4v) is 3.67. The van der Waals surface area contributed by atoms with Crippen LogP contribution in [-0.4, -0.2) is 13.1 Å². The van der Waals surface area contributed by atoms with Crippen LogP contribution in [0.5, 0.6) is 0 Å². The van der Waals surface area contributed by atoms with Gasteiger partial charge in [0.15, 0.2) is 0 Å². The monoisotopic (exact) mass is 391 g/mol. The molecule has 0 atom stereocenters. The Labute approximate surface area is 177 Å². The molecule has 0 saturated heterocycles. The molecular weight excluding hydrogens is 354 g/mol. The smallest absolute Gasteiger partial charge is 0.135 e. The molecule has 2 rings (SSSR count). The van der Waals surface area contributed by atoms with Gasteiger partial charge < -0.3 is 5.32 Å². The van der Waals surface area contributed by atoms with Gasteiger partial charge in [-0.25, -0.2) is 4.99 Å². The number of hydrogen-bond donors (Lipinski definition) is 1. The molecule has 0 aromatic heterocycles. The third-order valence-electron chi connectivity index (χ3n) is 5.28. The van der Waals surface area contributed by atoms with Gasteiger partial charge in [-0.1, -0.05) is 63.8 Å². The van der Waals surface area contributed by atoms with Crippen molar-refractivity contribution in [3.05, 3.63) is 64.5 Å². The molecule has 0 fully saturated rings. The summed E-state index contributed by atoms with van der Waals surface area (Å²) in [5, 5.41) is 3.50. The van der Waals surface area contributed by atoms with E-state index in [9.17, 15) is 0 Å². The first-order chi connectivity index (χ1) is 14.2. The van der Waals surface area contributed by atoms with Crippen LogP contribution in [0.1, 0.15) is 77.2 Å². The quantitative estimate of drug-likeness (QED) is 0.220. The summed E-state index contributed by atoms with van der Waals surface area (Å²) in [5.41, 5.74) is 6.52. The first kappa shape index (κ1) is 22.9. The lowest BCUT2D eigenvalue weighted by Gasteiger charge is -2.20. The van der Waals surface area contributed by atoms with E-state index in [2.05, 4.69) is 79.2 Å². The van der Waals surface area contributed by atoms with Crippen LogP contribution >= 0.6 is 0 Å². The fraction of sp³-hybridized carbons (Fsp3) is 0.462. The van der Waals surface area contributed by atoms with Gasteiger partial charge in [-0.3, -0.25) is 4.99 Å². The van der Waals surface area contributed by atoms with Gasteiger partial charge in [0, 0.05) is 5.69 Å². The van der Waals surface area contributed by atoms with Crippen LogP contribution in [0.3, 0.4) is 0 Å². The summed E-state index contributed by atoms with van der Waals surface area (Å²) < 4.78 is 0. The number of unbranched alkanes of at least 4 members (excludes halogenated alkanes) is 4. The van der Waals surface area contributed by atoms with Crippen molar-refractivity contribution < 1.29 is 0 Å². The molecule has 0 aliphatic heterocycles.